The van der Waals surface area contributed by atoms with Crippen LogP contribution in [0.2, 0.25) is 0 Å². The van der Waals surface area contributed by atoms with E-state index in [1.54, 1.807) is 11.3 Å². The predicted octanol–water partition coefficient (Wildman–Crippen LogP) is 4.42. The van der Waals surface area contributed by atoms with Crippen LogP contribution in [0.4, 0.5) is 0 Å². The van der Waals surface area contributed by atoms with Crippen molar-refractivity contribution in [1.29, 1.82) is 0 Å². The maximum absolute atomic E-state index is 11.0. The van der Waals surface area contributed by atoms with Crippen LogP contribution in [0.25, 0.3) is 10.2 Å². The largest absolute Gasteiger partial charge is 0.389 e. The highest BCUT2D eigenvalue weighted by molar-refractivity contribution is 7.18. The summed E-state index contributed by atoms with van der Waals surface area (Å²) in [7, 11) is 0. The number of nitrogens with zero attached hydrogens (tertiary/aromatic N) is 1. The van der Waals surface area contributed by atoms with E-state index in [2.05, 4.69) is 31.8 Å². The van der Waals surface area contributed by atoms with E-state index in [1.807, 2.05) is 18.2 Å². The molecule has 0 aliphatic heterocycles. The van der Waals surface area contributed by atoms with E-state index in [0.717, 1.165) is 23.4 Å². The van der Waals surface area contributed by atoms with Crippen molar-refractivity contribution in [2.75, 3.05) is 0 Å². The number of hydrogen-bond donors (Lipinski definition) is 1. The van der Waals surface area contributed by atoms with Gasteiger partial charge in [-0.05, 0) is 42.7 Å². The van der Waals surface area contributed by atoms with Gasteiger partial charge in [0.25, 0.3) is 0 Å². The molecule has 1 saturated carbocycles. The van der Waals surface area contributed by atoms with E-state index < -0.39 is 5.60 Å². The van der Waals surface area contributed by atoms with Crippen molar-refractivity contribution in [3.05, 3.63) is 29.3 Å². The minimum absolute atomic E-state index is 0.225. The van der Waals surface area contributed by atoms with Crippen molar-refractivity contribution in [1.82, 2.24) is 4.98 Å². The molecule has 3 rings (SSSR count). The van der Waals surface area contributed by atoms with Crippen molar-refractivity contribution in [2.24, 2.45) is 11.3 Å². The molecule has 2 nitrogen and oxygen atoms in total. The van der Waals surface area contributed by atoms with Crippen LogP contribution in [0.15, 0.2) is 24.3 Å². The number of para-hydroxylation sites is 1. The molecule has 0 saturated heterocycles. The van der Waals surface area contributed by atoms with Crippen molar-refractivity contribution in [3.8, 4) is 0 Å². The maximum atomic E-state index is 11.0. The fraction of sp³-hybridized carbons (Fsp3) is 0.588. The van der Waals surface area contributed by atoms with E-state index in [-0.39, 0.29) is 5.41 Å². The Morgan fingerprint density at radius 2 is 2.05 bits per heavy atom. The summed E-state index contributed by atoms with van der Waals surface area (Å²) < 4.78 is 1.22. The van der Waals surface area contributed by atoms with Crippen LogP contribution in [0, 0.1) is 11.3 Å². The number of hydrogen-bond acceptors (Lipinski definition) is 3. The lowest BCUT2D eigenvalue weighted by Crippen LogP contribution is -2.43. The minimum atomic E-state index is -0.588. The Hall–Kier alpha value is -0.930. The van der Waals surface area contributed by atoms with Gasteiger partial charge in [-0.25, -0.2) is 4.98 Å². The van der Waals surface area contributed by atoms with Crippen molar-refractivity contribution >= 4 is 21.6 Å². The monoisotopic (exact) mass is 289 g/mol. The smallest absolute Gasteiger partial charge is 0.0967 e. The zero-order valence-electron chi connectivity index (χ0n) is 12.5. The first-order valence-electron chi connectivity index (χ1n) is 7.42. The quantitative estimate of drug-likeness (QED) is 0.888. The van der Waals surface area contributed by atoms with Gasteiger partial charge in [0.05, 0.1) is 20.8 Å². The maximum Gasteiger partial charge on any atom is 0.0967 e. The second-order valence-electron chi connectivity index (χ2n) is 7.33. The molecule has 1 aromatic carbocycles. The second kappa shape index (κ2) is 4.81. The van der Waals surface area contributed by atoms with Gasteiger partial charge in [0.2, 0.25) is 0 Å². The van der Waals surface area contributed by atoms with E-state index in [0.29, 0.717) is 12.3 Å². The lowest BCUT2D eigenvalue weighted by Gasteiger charge is -2.44. The van der Waals surface area contributed by atoms with E-state index in [4.69, 9.17) is 0 Å². The third kappa shape index (κ3) is 2.89. The molecule has 1 fully saturated rings. The van der Waals surface area contributed by atoms with Crippen LogP contribution in [0.5, 0.6) is 0 Å². The van der Waals surface area contributed by atoms with Crippen LogP contribution >= 0.6 is 11.3 Å². The molecule has 1 heterocycles. The molecule has 1 aromatic heterocycles. The van der Waals surface area contributed by atoms with E-state index >= 15 is 0 Å². The van der Waals surface area contributed by atoms with Gasteiger partial charge in [-0.3, -0.25) is 0 Å². The van der Waals surface area contributed by atoms with Gasteiger partial charge in [0.15, 0.2) is 0 Å². The predicted molar refractivity (Wildman–Crippen MR) is 85.1 cm³/mol. The summed E-state index contributed by atoms with van der Waals surface area (Å²) in [6, 6.07) is 8.22. The van der Waals surface area contributed by atoms with Crippen LogP contribution < -0.4 is 0 Å². The summed E-state index contributed by atoms with van der Waals surface area (Å²) in [5, 5.41) is 12.1. The molecule has 1 N–H and O–H groups in total. The van der Waals surface area contributed by atoms with E-state index in [9.17, 15) is 5.11 Å². The lowest BCUT2D eigenvalue weighted by atomic mass is 9.65. The van der Waals surface area contributed by atoms with Crippen molar-refractivity contribution in [2.45, 2.75) is 52.1 Å². The Morgan fingerprint density at radius 1 is 1.30 bits per heavy atom. The molecule has 1 aliphatic rings. The van der Waals surface area contributed by atoms with Gasteiger partial charge in [-0.1, -0.05) is 32.9 Å². The number of aliphatic hydroxyl groups is 1. The highest BCUT2D eigenvalue weighted by Crippen LogP contribution is 2.45. The third-order valence-electron chi connectivity index (χ3n) is 4.26. The van der Waals surface area contributed by atoms with Crippen molar-refractivity contribution in [3.63, 3.8) is 0 Å². The molecule has 1 aliphatic carbocycles. The van der Waals surface area contributed by atoms with Gasteiger partial charge in [-0.15, -0.1) is 11.3 Å². The Balaban J connectivity index is 1.85. The number of thiazole rings is 1. The minimum Gasteiger partial charge on any atom is -0.389 e. The van der Waals surface area contributed by atoms with Crippen LogP contribution in [0.3, 0.4) is 0 Å². The Labute approximate surface area is 124 Å². The average Bonchev–Trinajstić information content (AvgIpc) is 2.65. The fourth-order valence-corrected chi connectivity index (χ4v) is 5.21. The number of rotatable bonds is 2. The molecule has 2 atom stereocenters. The summed E-state index contributed by atoms with van der Waals surface area (Å²) in [4.78, 5) is 4.68. The Bertz CT molecular complexity index is 585. The second-order valence-corrected chi connectivity index (χ2v) is 8.45. The first-order valence-corrected chi connectivity index (χ1v) is 8.24. The highest BCUT2D eigenvalue weighted by Gasteiger charge is 2.42. The van der Waals surface area contributed by atoms with Gasteiger partial charge in [0, 0.05) is 6.42 Å². The topological polar surface area (TPSA) is 33.1 Å². The molecule has 0 amide bonds. The molecular weight excluding hydrogens is 266 g/mol. The molecular formula is C17H23NOS. The molecule has 108 valence electrons. The number of fused-ring (bicyclic) bond motifs is 1. The van der Waals surface area contributed by atoms with E-state index in [1.165, 1.54) is 11.1 Å². The zero-order chi connectivity index (χ0) is 14.4. The molecule has 20 heavy (non-hydrogen) atoms. The van der Waals surface area contributed by atoms with Crippen LogP contribution in [0.1, 0.15) is 45.0 Å². The normalized spacial score (nSPS) is 29.7. The first kappa shape index (κ1) is 14.0. The molecule has 0 bridgehead atoms. The average molecular weight is 289 g/mol. The molecule has 2 aromatic rings. The van der Waals surface area contributed by atoms with Crippen LogP contribution in [-0.2, 0) is 6.42 Å². The van der Waals surface area contributed by atoms with Gasteiger partial charge in [-0.2, -0.15) is 0 Å². The zero-order valence-corrected chi connectivity index (χ0v) is 13.3. The Kier molecular flexibility index (Phi) is 3.38. The van der Waals surface area contributed by atoms with Gasteiger partial charge >= 0.3 is 0 Å². The molecule has 0 radical (unpaired) electrons. The highest BCUT2D eigenvalue weighted by atomic mass is 32.1. The summed E-state index contributed by atoms with van der Waals surface area (Å²) >= 11 is 1.72. The molecule has 3 heteroatoms. The Morgan fingerprint density at radius 3 is 2.75 bits per heavy atom. The third-order valence-corrected chi connectivity index (χ3v) is 5.29. The van der Waals surface area contributed by atoms with Gasteiger partial charge in [0.1, 0.15) is 0 Å². The molecule has 2 unspecified atom stereocenters. The molecule has 0 spiro atoms. The summed E-state index contributed by atoms with van der Waals surface area (Å²) in [5.41, 5.74) is 0.692. The number of aromatic nitrogens is 1. The first-order chi connectivity index (χ1) is 9.35. The summed E-state index contributed by atoms with van der Waals surface area (Å²) in [6.07, 6.45) is 3.67. The summed E-state index contributed by atoms with van der Waals surface area (Å²) in [6.45, 7) is 6.79. The van der Waals surface area contributed by atoms with Crippen molar-refractivity contribution < 1.29 is 5.11 Å². The van der Waals surface area contributed by atoms with Gasteiger partial charge < -0.3 is 5.11 Å². The fourth-order valence-electron chi connectivity index (χ4n) is 4.11. The number of benzene rings is 1. The standard InChI is InChI=1S/C17H23NOS/c1-12-8-16(2,3)11-17(19,9-12)10-15-18-13-6-4-5-7-14(13)20-15/h4-7,12,19H,8-11H2,1-3H3. The lowest BCUT2D eigenvalue weighted by molar-refractivity contribution is -0.0574. The van der Waals surface area contributed by atoms with Crippen LogP contribution in [-0.4, -0.2) is 15.7 Å². The SMILES string of the molecule is CC1CC(C)(C)CC(O)(Cc2nc3ccccc3s2)C1. The summed E-state index contributed by atoms with van der Waals surface area (Å²) in [5.74, 6) is 0.582.